The lowest BCUT2D eigenvalue weighted by Crippen LogP contribution is -2.08. The number of thioether (sulfide) groups is 1. The van der Waals surface area contributed by atoms with Gasteiger partial charge >= 0.3 is 5.76 Å². The van der Waals surface area contributed by atoms with Crippen LogP contribution < -0.4 is 5.76 Å². The molecule has 5 heteroatoms. The molecule has 0 saturated heterocycles. The Hall–Kier alpha value is -1.65. The van der Waals surface area contributed by atoms with Crippen LogP contribution >= 0.6 is 23.4 Å². The molecule has 0 radical (unpaired) electrons. The van der Waals surface area contributed by atoms with Gasteiger partial charge in [-0.2, -0.15) is 0 Å². The van der Waals surface area contributed by atoms with E-state index in [1.807, 2.05) is 36.6 Å². The Morgan fingerprint density at radius 1 is 1.14 bits per heavy atom. The SMILES string of the molecule is CSc1ccc(C(Cl)c2ccc3c(c2)oc(=O)n3C)cc1. The number of rotatable bonds is 3. The summed E-state index contributed by atoms with van der Waals surface area (Å²) in [7, 11) is 1.69. The molecule has 3 aromatic rings. The van der Waals surface area contributed by atoms with Crippen LogP contribution in [0.2, 0.25) is 0 Å². The fourth-order valence-corrected chi connectivity index (χ4v) is 2.96. The van der Waals surface area contributed by atoms with Crippen molar-refractivity contribution < 1.29 is 4.42 Å². The van der Waals surface area contributed by atoms with Crippen molar-refractivity contribution in [2.75, 3.05) is 6.26 Å². The third-order valence-electron chi connectivity index (χ3n) is 3.52. The fraction of sp³-hybridized carbons (Fsp3) is 0.188. The Morgan fingerprint density at radius 2 is 1.81 bits per heavy atom. The minimum Gasteiger partial charge on any atom is -0.408 e. The Labute approximate surface area is 131 Å². The van der Waals surface area contributed by atoms with Gasteiger partial charge in [0, 0.05) is 11.9 Å². The van der Waals surface area contributed by atoms with Crippen LogP contribution in [-0.4, -0.2) is 10.8 Å². The number of nitrogens with zero attached hydrogens (tertiary/aromatic N) is 1. The zero-order chi connectivity index (χ0) is 15.0. The van der Waals surface area contributed by atoms with Crippen LogP contribution in [0.25, 0.3) is 11.1 Å². The lowest BCUT2D eigenvalue weighted by Gasteiger charge is -2.10. The molecule has 1 heterocycles. The van der Waals surface area contributed by atoms with E-state index < -0.39 is 0 Å². The summed E-state index contributed by atoms with van der Waals surface area (Å²) in [5.41, 5.74) is 3.26. The summed E-state index contributed by atoms with van der Waals surface area (Å²) in [4.78, 5) is 12.7. The second kappa shape index (κ2) is 5.62. The van der Waals surface area contributed by atoms with E-state index in [9.17, 15) is 4.79 Å². The summed E-state index contributed by atoms with van der Waals surface area (Å²) < 4.78 is 6.69. The highest BCUT2D eigenvalue weighted by molar-refractivity contribution is 7.98. The van der Waals surface area contributed by atoms with E-state index >= 15 is 0 Å². The van der Waals surface area contributed by atoms with Gasteiger partial charge in [-0.15, -0.1) is 23.4 Å². The molecule has 0 amide bonds. The van der Waals surface area contributed by atoms with Crippen LogP contribution in [0.1, 0.15) is 16.5 Å². The zero-order valence-electron chi connectivity index (χ0n) is 11.7. The van der Waals surface area contributed by atoms with Gasteiger partial charge in [-0.25, -0.2) is 4.79 Å². The second-order valence-electron chi connectivity index (χ2n) is 4.79. The standard InChI is InChI=1S/C16H14ClNO2S/c1-18-13-8-5-11(9-14(13)20-16(18)19)15(17)10-3-6-12(21-2)7-4-10/h3-9,15H,1-2H3. The van der Waals surface area contributed by atoms with Crippen LogP contribution in [0.15, 0.2) is 56.6 Å². The van der Waals surface area contributed by atoms with Gasteiger partial charge in [-0.1, -0.05) is 18.2 Å². The van der Waals surface area contributed by atoms with Gasteiger partial charge in [0.25, 0.3) is 0 Å². The number of aryl methyl sites for hydroxylation is 1. The Balaban J connectivity index is 2.00. The maximum atomic E-state index is 11.5. The molecule has 0 bridgehead atoms. The molecular formula is C16H14ClNO2S. The smallest absolute Gasteiger partial charge is 0.408 e. The number of alkyl halides is 1. The molecule has 1 aromatic heterocycles. The lowest BCUT2D eigenvalue weighted by atomic mass is 10.0. The van der Waals surface area contributed by atoms with Crippen molar-refractivity contribution in [3.63, 3.8) is 0 Å². The van der Waals surface area contributed by atoms with Gasteiger partial charge in [-0.05, 0) is 41.6 Å². The maximum absolute atomic E-state index is 11.5. The van der Waals surface area contributed by atoms with Crippen molar-refractivity contribution in [2.24, 2.45) is 7.05 Å². The first kappa shape index (κ1) is 14.3. The molecule has 21 heavy (non-hydrogen) atoms. The predicted octanol–water partition coefficient (Wildman–Crippen LogP) is 4.18. The van der Waals surface area contributed by atoms with Crippen molar-refractivity contribution >= 4 is 34.5 Å². The van der Waals surface area contributed by atoms with Gasteiger partial charge in [-0.3, -0.25) is 4.57 Å². The molecule has 1 unspecified atom stereocenters. The molecule has 108 valence electrons. The minimum atomic E-state index is -0.363. The van der Waals surface area contributed by atoms with Gasteiger partial charge in [0.05, 0.1) is 10.9 Å². The maximum Gasteiger partial charge on any atom is 0.419 e. The normalized spacial score (nSPS) is 12.7. The van der Waals surface area contributed by atoms with Crippen LogP contribution in [0, 0.1) is 0 Å². The van der Waals surface area contributed by atoms with Crippen molar-refractivity contribution in [1.29, 1.82) is 0 Å². The zero-order valence-corrected chi connectivity index (χ0v) is 13.2. The first-order chi connectivity index (χ1) is 10.1. The molecule has 3 nitrogen and oxygen atoms in total. The third kappa shape index (κ3) is 2.61. The van der Waals surface area contributed by atoms with Crippen LogP contribution in [0.5, 0.6) is 0 Å². The summed E-state index contributed by atoms with van der Waals surface area (Å²) in [6.07, 6.45) is 2.04. The topological polar surface area (TPSA) is 35.1 Å². The molecule has 1 atom stereocenters. The van der Waals surface area contributed by atoms with E-state index in [2.05, 4.69) is 12.1 Å². The van der Waals surface area contributed by atoms with E-state index in [0.717, 1.165) is 16.6 Å². The molecule has 0 fully saturated rings. The lowest BCUT2D eigenvalue weighted by molar-refractivity contribution is 0.528. The van der Waals surface area contributed by atoms with Crippen LogP contribution in [0.4, 0.5) is 0 Å². The quantitative estimate of drug-likeness (QED) is 0.536. The minimum absolute atomic E-state index is 0.268. The van der Waals surface area contributed by atoms with E-state index in [4.69, 9.17) is 16.0 Å². The van der Waals surface area contributed by atoms with Crippen molar-refractivity contribution in [2.45, 2.75) is 10.3 Å². The number of benzene rings is 2. The number of halogens is 1. The van der Waals surface area contributed by atoms with E-state index in [0.29, 0.717) is 5.58 Å². The van der Waals surface area contributed by atoms with Crippen LogP contribution in [-0.2, 0) is 7.05 Å². The molecule has 2 aromatic carbocycles. The summed E-state index contributed by atoms with van der Waals surface area (Å²) in [6, 6.07) is 13.8. The summed E-state index contributed by atoms with van der Waals surface area (Å²) in [5, 5.41) is -0.268. The average Bonchev–Trinajstić information content (AvgIpc) is 2.81. The van der Waals surface area contributed by atoms with Gasteiger partial charge in [0.15, 0.2) is 5.58 Å². The monoisotopic (exact) mass is 319 g/mol. The molecule has 0 spiro atoms. The first-order valence-electron chi connectivity index (χ1n) is 6.47. The molecule has 0 saturated carbocycles. The Kier molecular flexibility index (Phi) is 3.83. The Morgan fingerprint density at radius 3 is 2.48 bits per heavy atom. The Bertz CT molecular complexity index is 836. The summed E-state index contributed by atoms with van der Waals surface area (Å²) in [6.45, 7) is 0. The third-order valence-corrected chi connectivity index (χ3v) is 4.76. The molecular weight excluding hydrogens is 306 g/mol. The largest absolute Gasteiger partial charge is 0.419 e. The number of oxazole rings is 1. The van der Waals surface area contributed by atoms with Gasteiger partial charge in [0.1, 0.15) is 0 Å². The molecule has 0 aliphatic rings. The van der Waals surface area contributed by atoms with E-state index in [1.165, 1.54) is 9.46 Å². The second-order valence-corrected chi connectivity index (χ2v) is 6.11. The molecule has 3 rings (SSSR count). The highest BCUT2D eigenvalue weighted by Gasteiger charge is 2.14. The first-order valence-corrected chi connectivity index (χ1v) is 8.14. The predicted molar refractivity (Wildman–Crippen MR) is 87.4 cm³/mol. The van der Waals surface area contributed by atoms with E-state index in [1.54, 1.807) is 18.8 Å². The fourth-order valence-electron chi connectivity index (χ4n) is 2.27. The number of fused-ring (bicyclic) bond motifs is 1. The van der Waals surface area contributed by atoms with Crippen LogP contribution in [0.3, 0.4) is 0 Å². The molecule has 0 N–H and O–H groups in total. The summed E-state index contributed by atoms with van der Waals surface area (Å²) >= 11 is 8.24. The number of hydrogen-bond donors (Lipinski definition) is 0. The van der Waals surface area contributed by atoms with E-state index in [-0.39, 0.29) is 11.1 Å². The van der Waals surface area contributed by atoms with Crippen molar-refractivity contribution in [3.8, 4) is 0 Å². The highest BCUT2D eigenvalue weighted by Crippen LogP contribution is 2.31. The van der Waals surface area contributed by atoms with Gasteiger partial charge < -0.3 is 4.42 Å². The number of aromatic nitrogens is 1. The molecule has 0 aliphatic carbocycles. The van der Waals surface area contributed by atoms with Crippen molar-refractivity contribution in [1.82, 2.24) is 4.57 Å². The summed E-state index contributed by atoms with van der Waals surface area (Å²) in [5.74, 6) is -0.363. The average molecular weight is 320 g/mol. The highest BCUT2D eigenvalue weighted by atomic mass is 35.5. The number of hydrogen-bond acceptors (Lipinski definition) is 3. The molecule has 0 aliphatic heterocycles. The van der Waals surface area contributed by atoms with Gasteiger partial charge in [0.2, 0.25) is 0 Å². The van der Waals surface area contributed by atoms with Crippen molar-refractivity contribution in [3.05, 3.63) is 64.1 Å².